The highest BCUT2D eigenvalue weighted by atomic mass is 35.5. The molecule has 0 saturated heterocycles. The molecule has 47 heavy (non-hydrogen) atoms. The number of amides is 2. The average Bonchev–Trinajstić information content (AvgIpc) is 3.37. The molecule has 3 aliphatic rings. The number of amidine groups is 1. The van der Waals surface area contributed by atoms with Gasteiger partial charge >= 0.3 is 0 Å². The monoisotopic (exact) mass is 679 g/mol. The number of nitrogens with one attached hydrogen (secondary N) is 1. The van der Waals surface area contributed by atoms with E-state index in [-0.39, 0.29) is 39.5 Å². The Morgan fingerprint density at radius 1 is 1.11 bits per heavy atom. The highest BCUT2D eigenvalue weighted by Gasteiger charge is 2.49. The number of sulfonamides is 1. The van der Waals surface area contributed by atoms with Crippen LogP contribution in [0.25, 0.3) is 11.1 Å². The van der Waals surface area contributed by atoms with Crippen LogP contribution in [0, 0.1) is 12.3 Å². The Kier molecular flexibility index (Phi) is 8.99. The number of hydrogen-bond donors (Lipinski definition) is 1. The fourth-order valence-electron chi connectivity index (χ4n) is 6.74. The number of benzene rings is 2. The quantitative estimate of drug-likeness (QED) is 0.218. The van der Waals surface area contributed by atoms with E-state index in [0.29, 0.717) is 23.4 Å². The smallest absolute Gasteiger partial charge is 0.263 e. The molecular formula is C35H42ClN5O5S. The van der Waals surface area contributed by atoms with Crippen molar-refractivity contribution >= 4 is 45.1 Å². The minimum absolute atomic E-state index is 0.0285. The zero-order valence-corrected chi connectivity index (χ0v) is 29.0. The molecule has 1 spiro atoms. The van der Waals surface area contributed by atoms with Crippen molar-refractivity contribution in [1.82, 2.24) is 15.0 Å². The number of unbranched alkanes of at least 4 members (excludes halogenated alkanes) is 1. The van der Waals surface area contributed by atoms with Gasteiger partial charge in [-0.1, -0.05) is 86.3 Å². The van der Waals surface area contributed by atoms with E-state index in [0.717, 1.165) is 74.7 Å². The Morgan fingerprint density at radius 3 is 2.49 bits per heavy atom. The van der Waals surface area contributed by atoms with E-state index >= 15 is 0 Å². The van der Waals surface area contributed by atoms with Gasteiger partial charge in [-0.15, -0.1) is 0 Å². The van der Waals surface area contributed by atoms with Crippen LogP contribution in [0.2, 0.25) is 5.02 Å². The Balaban J connectivity index is 1.38. The lowest BCUT2D eigenvalue weighted by molar-refractivity contribution is -0.135. The van der Waals surface area contributed by atoms with Crippen molar-refractivity contribution in [3.63, 3.8) is 0 Å². The summed E-state index contributed by atoms with van der Waals surface area (Å²) < 4.78 is 35.0. The predicted molar refractivity (Wildman–Crippen MR) is 181 cm³/mol. The molecular weight excluding hydrogens is 638 g/mol. The second-order valence-corrected chi connectivity index (χ2v) is 15.5. The van der Waals surface area contributed by atoms with Crippen LogP contribution in [0.15, 0.2) is 56.9 Å². The van der Waals surface area contributed by atoms with Gasteiger partial charge in [0.25, 0.3) is 15.9 Å². The molecule has 3 aromatic rings. The van der Waals surface area contributed by atoms with Crippen molar-refractivity contribution in [2.24, 2.45) is 10.4 Å². The third-order valence-corrected chi connectivity index (χ3v) is 11.6. The topological polar surface area (TPSA) is 125 Å². The molecule has 1 aliphatic heterocycles. The van der Waals surface area contributed by atoms with Gasteiger partial charge in [-0.3, -0.25) is 24.2 Å². The maximum Gasteiger partial charge on any atom is 0.263 e. The standard InChI is InChI=1S/C35H42ClN5O5S/c1-5-6-13-29-37-35(16-9-10-17-35)33(43)41(29)21-24-14-15-26(25(20-24)22-40(4)32(42)34(3)18-19-34)27-11-7-8-12-28(27)47(44,45)39-31-30(36)23(2)46-38-31/h7-8,11-12,14-15,20H,5-6,9-10,13,16-19,21-22H2,1-4H3,(H,38,39). The predicted octanol–water partition coefficient (Wildman–Crippen LogP) is 7.11. The number of anilines is 1. The van der Waals surface area contributed by atoms with Gasteiger partial charge in [-0.2, -0.15) is 0 Å². The number of hydrogen-bond acceptors (Lipinski definition) is 7. The first-order valence-electron chi connectivity index (χ1n) is 16.4. The SMILES string of the molecule is CCCCC1=NC2(CCCC2)C(=O)N1Cc1ccc(-c2ccccc2S(=O)(=O)Nc2noc(C)c2Cl)c(CN(C)C(=O)C2(C)CC2)c1. The van der Waals surface area contributed by atoms with Crippen LogP contribution in [0.4, 0.5) is 5.82 Å². The summed E-state index contributed by atoms with van der Waals surface area (Å²) in [5.74, 6) is 1.19. The highest BCUT2D eigenvalue weighted by molar-refractivity contribution is 7.92. The third kappa shape index (κ3) is 6.44. The number of carbonyl (C=O) groups excluding carboxylic acids is 2. The number of aliphatic imine (C=N–C) groups is 1. The van der Waals surface area contributed by atoms with Crippen molar-refractivity contribution < 1.29 is 22.5 Å². The molecule has 0 atom stereocenters. The maximum absolute atomic E-state index is 13.9. The molecule has 6 rings (SSSR count). The number of carbonyl (C=O) groups is 2. The molecule has 2 fully saturated rings. The summed E-state index contributed by atoms with van der Waals surface area (Å²) in [4.78, 5) is 35.8. The highest BCUT2D eigenvalue weighted by Crippen LogP contribution is 2.47. The summed E-state index contributed by atoms with van der Waals surface area (Å²) in [6, 6.07) is 12.5. The van der Waals surface area contributed by atoms with Crippen molar-refractivity contribution in [3.05, 3.63) is 64.4 Å². The normalized spacial score (nSPS) is 18.1. The van der Waals surface area contributed by atoms with Gasteiger partial charge in [0.1, 0.15) is 16.4 Å². The molecule has 1 aromatic heterocycles. The molecule has 12 heteroatoms. The van der Waals surface area contributed by atoms with Gasteiger partial charge in [0.2, 0.25) is 11.7 Å². The van der Waals surface area contributed by atoms with Crippen molar-refractivity contribution in [1.29, 1.82) is 0 Å². The van der Waals surface area contributed by atoms with Gasteiger partial charge < -0.3 is 9.42 Å². The summed E-state index contributed by atoms with van der Waals surface area (Å²) in [6.07, 6.45) is 7.97. The summed E-state index contributed by atoms with van der Waals surface area (Å²) in [6.45, 7) is 6.32. The minimum Gasteiger partial charge on any atom is -0.358 e. The maximum atomic E-state index is 13.9. The first-order chi connectivity index (χ1) is 22.4. The van der Waals surface area contributed by atoms with Gasteiger partial charge in [0, 0.05) is 31.0 Å². The molecule has 0 radical (unpaired) electrons. The van der Waals surface area contributed by atoms with E-state index in [9.17, 15) is 18.0 Å². The second-order valence-electron chi connectivity index (χ2n) is 13.5. The number of rotatable bonds is 12. The molecule has 1 N–H and O–H groups in total. The largest absolute Gasteiger partial charge is 0.358 e. The molecule has 2 aliphatic carbocycles. The first-order valence-corrected chi connectivity index (χ1v) is 18.3. The van der Waals surface area contributed by atoms with Crippen LogP contribution in [0.1, 0.15) is 88.5 Å². The van der Waals surface area contributed by atoms with E-state index in [4.69, 9.17) is 21.1 Å². The van der Waals surface area contributed by atoms with Gasteiger partial charge in [-0.25, -0.2) is 8.42 Å². The average molecular weight is 680 g/mol. The molecule has 0 bridgehead atoms. The van der Waals surface area contributed by atoms with Crippen molar-refractivity contribution in [2.45, 2.75) is 102 Å². The summed E-state index contributed by atoms with van der Waals surface area (Å²) in [5.41, 5.74) is 1.79. The fraction of sp³-hybridized carbons (Fsp3) is 0.486. The lowest BCUT2D eigenvalue weighted by Gasteiger charge is -2.25. The fourth-order valence-corrected chi connectivity index (χ4v) is 8.14. The Bertz CT molecular complexity index is 1840. The van der Waals surface area contributed by atoms with Gasteiger partial charge in [-0.05, 0) is 61.8 Å². The minimum atomic E-state index is -4.15. The zero-order chi connectivity index (χ0) is 33.6. The number of aromatic nitrogens is 1. The zero-order valence-electron chi connectivity index (χ0n) is 27.4. The summed E-state index contributed by atoms with van der Waals surface area (Å²) in [7, 11) is -2.36. The summed E-state index contributed by atoms with van der Waals surface area (Å²) in [5, 5.41) is 3.85. The van der Waals surface area contributed by atoms with Crippen LogP contribution in [-0.2, 0) is 32.7 Å². The van der Waals surface area contributed by atoms with Crippen LogP contribution >= 0.6 is 11.6 Å². The van der Waals surface area contributed by atoms with E-state index in [1.165, 1.54) is 6.07 Å². The number of aryl methyl sites for hydroxylation is 1. The molecule has 2 amide bonds. The molecule has 250 valence electrons. The molecule has 0 unspecified atom stereocenters. The molecule has 2 saturated carbocycles. The lowest BCUT2D eigenvalue weighted by atomic mass is 9.95. The van der Waals surface area contributed by atoms with Crippen LogP contribution in [-0.4, -0.2) is 53.6 Å². The molecule has 10 nitrogen and oxygen atoms in total. The Labute approximate surface area is 281 Å². The van der Waals surface area contributed by atoms with Crippen molar-refractivity contribution in [2.75, 3.05) is 11.8 Å². The Hall–Kier alpha value is -3.70. The van der Waals surface area contributed by atoms with E-state index in [1.54, 1.807) is 37.1 Å². The molecule has 2 aromatic carbocycles. The molecule has 2 heterocycles. The van der Waals surface area contributed by atoms with Gasteiger partial charge in [0.05, 0.1) is 11.4 Å². The van der Waals surface area contributed by atoms with Crippen LogP contribution < -0.4 is 4.72 Å². The van der Waals surface area contributed by atoms with Crippen LogP contribution in [0.3, 0.4) is 0 Å². The number of halogens is 1. The third-order valence-electron chi connectivity index (χ3n) is 9.75. The lowest BCUT2D eigenvalue weighted by Crippen LogP contribution is -2.40. The van der Waals surface area contributed by atoms with Crippen LogP contribution in [0.5, 0.6) is 0 Å². The number of nitrogens with zero attached hydrogens (tertiary/aromatic N) is 4. The second kappa shape index (κ2) is 12.7. The van der Waals surface area contributed by atoms with Crippen molar-refractivity contribution in [3.8, 4) is 11.1 Å². The Morgan fingerprint density at radius 2 is 1.83 bits per heavy atom. The van der Waals surface area contributed by atoms with Gasteiger partial charge in [0.15, 0.2) is 5.76 Å². The van der Waals surface area contributed by atoms with E-state index in [1.807, 2.05) is 30.0 Å². The summed E-state index contributed by atoms with van der Waals surface area (Å²) >= 11 is 6.23. The van der Waals surface area contributed by atoms with E-state index < -0.39 is 15.6 Å². The first kappa shape index (κ1) is 33.2. The van der Waals surface area contributed by atoms with E-state index in [2.05, 4.69) is 16.8 Å².